The number of allylic oxidation sites excluding steroid dienone is 1. The zero-order valence-electron chi connectivity index (χ0n) is 20.1. The molecule has 0 aliphatic heterocycles. The SMILES string of the molecule is CCOC(=O)C(=NC)C(=O)Cc1ccc(F)cc1.CCOC(=O)C(N=N)=C(O)Cc1ccc(F)cc1. The number of nitrogens with zero attached hydrogens (tertiary/aromatic N) is 2. The van der Waals surface area contributed by atoms with Crippen molar-refractivity contribution in [1.82, 2.24) is 0 Å². The van der Waals surface area contributed by atoms with Crippen LogP contribution in [0, 0.1) is 17.2 Å². The molecule has 192 valence electrons. The standard InChI is InChI=1S/C13H14FNO3.C12H13FN2O3/c1-3-18-13(17)12(15-2)11(16)8-9-4-6-10(14)7-5-9;1-2-18-12(17)11(15-14)10(16)7-8-3-5-9(13)6-4-8/h4-7H,3,8H2,1-2H3;3-6,14,16H,2,7H2,1H3. The van der Waals surface area contributed by atoms with E-state index in [4.69, 9.17) is 10.3 Å². The summed E-state index contributed by atoms with van der Waals surface area (Å²) in [5.74, 6) is -3.17. The number of benzene rings is 2. The largest absolute Gasteiger partial charge is 0.509 e. The average molecular weight is 504 g/mol. The van der Waals surface area contributed by atoms with E-state index in [9.17, 15) is 28.3 Å². The van der Waals surface area contributed by atoms with E-state index in [1.54, 1.807) is 13.8 Å². The molecule has 2 rings (SSSR count). The van der Waals surface area contributed by atoms with Crippen molar-refractivity contribution in [3.8, 4) is 0 Å². The molecule has 0 atom stereocenters. The fraction of sp³-hybridized carbons (Fsp3) is 0.280. The van der Waals surface area contributed by atoms with E-state index in [0.29, 0.717) is 11.1 Å². The van der Waals surface area contributed by atoms with Gasteiger partial charge in [0.15, 0.2) is 11.5 Å². The lowest BCUT2D eigenvalue weighted by atomic mass is 10.1. The molecule has 9 nitrogen and oxygen atoms in total. The van der Waals surface area contributed by atoms with Gasteiger partial charge in [0.2, 0.25) is 5.70 Å². The summed E-state index contributed by atoms with van der Waals surface area (Å²) in [6.07, 6.45) is -0.0252. The van der Waals surface area contributed by atoms with E-state index < -0.39 is 29.2 Å². The molecule has 0 fully saturated rings. The highest BCUT2D eigenvalue weighted by atomic mass is 19.1. The molecule has 0 saturated carbocycles. The molecule has 0 unspecified atom stereocenters. The molecular weight excluding hydrogens is 476 g/mol. The first kappa shape index (κ1) is 29.8. The summed E-state index contributed by atoms with van der Waals surface area (Å²) in [6.45, 7) is 3.56. The van der Waals surface area contributed by atoms with Crippen molar-refractivity contribution < 1.29 is 37.7 Å². The highest BCUT2D eigenvalue weighted by molar-refractivity contribution is 6.64. The number of aliphatic hydroxyl groups is 1. The van der Waals surface area contributed by atoms with Crippen molar-refractivity contribution >= 4 is 23.4 Å². The lowest BCUT2D eigenvalue weighted by Gasteiger charge is -2.05. The highest BCUT2D eigenvalue weighted by Crippen LogP contribution is 2.13. The third kappa shape index (κ3) is 9.92. The number of Topliss-reactive ketones (excluding diaryl/α,β-unsaturated/α-hetero) is 1. The Bertz CT molecular complexity index is 1110. The van der Waals surface area contributed by atoms with Crippen LogP contribution in [-0.2, 0) is 36.7 Å². The Morgan fingerprint density at radius 3 is 1.69 bits per heavy atom. The second-order valence-corrected chi connectivity index (χ2v) is 6.95. The number of aliphatic hydroxyl groups excluding tert-OH is 1. The molecule has 2 aromatic carbocycles. The third-order valence-electron chi connectivity index (χ3n) is 4.37. The Morgan fingerprint density at radius 1 is 0.833 bits per heavy atom. The van der Waals surface area contributed by atoms with Crippen molar-refractivity contribution in [1.29, 1.82) is 5.53 Å². The summed E-state index contributed by atoms with van der Waals surface area (Å²) < 4.78 is 34.7. The summed E-state index contributed by atoms with van der Waals surface area (Å²) in [4.78, 5) is 38.2. The number of carbonyl (C=O) groups excluding carboxylic acids is 3. The van der Waals surface area contributed by atoms with Crippen molar-refractivity contribution in [2.24, 2.45) is 10.1 Å². The van der Waals surface area contributed by atoms with Gasteiger partial charge in [-0.15, -0.1) is 5.11 Å². The van der Waals surface area contributed by atoms with Gasteiger partial charge in [-0.25, -0.2) is 23.9 Å². The zero-order chi connectivity index (χ0) is 27.1. The van der Waals surface area contributed by atoms with E-state index in [0.717, 1.165) is 0 Å². The quantitative estimate of drug-likeness (QED) is 0.124. The number of nitrogens with one attached hydrogen (secondary N) is 1. The maximum Gasteiger partial charge on any atom is 0.362 e. The molecule has 0 spiro atoms. The minimum Gasteiger partial charge on any atom is -0.509 e. The molecule has 0 aliphatic rings. The Balaban J connectivity index is 0.000000360. The monoisotopic (exact) mass is 503 g/mol. The van der Waals surface area contributed by atoms with Gasteiger partial charge in [-0.3, -0.25) is 9.79 Å². The van der Waals surface area contributed by atoms with Gasteiger partial charge in [-0.1, -0.05) is 24.3 Å². The normalized spacial score (nSPS) is 11.4. The lowest BCUT2D eigenvalue weighted by molar-refractivity contribution is -0.139. The maximum atomic E-state index is 12.7. The van der Waals surface area contributed by atoms with Gasteiger partial charge in [0.25, 0.3) is 0 Å². The van der Waals surface area contributed by atoms with Gasteiger partial charge in [0.05, 0.1) is 13.2 Å². The van der Waals surface area contributed by atoms with Gasteiger partial charge in [0.1, 0.15) is 17.4 Å². The van der Waals surface area contributed by atoms with E-state index in [2.05, 4.69) is 14.8 Å². The number of hydrogen-bond donors (Lipinski definition) is 2. The number of hydrogen-bond acceptors (Lipinski definition) is 9. The molecule has 0 amide bonds. The number of rotatable bonds is 10. The van der Waals surface area contributed by atoms with Gasteiger partial charge in [-0.2, -0.15) is 0 Å². The second-order valence-electron chi connectivity index (χ2n) is 6.95. The Kier molecular flexibility index (Phi) is 12.9. The number of esters is 2. The highest BCUT2D eigenvalue weighted by Gasteiger charge is 2.21. The first-order chi connectivity index (χ1) is 17.2. The van der Waals surface area contributed by atoms with Crippen LogP contribution in [-0.4, -0.2) is 48.8 Å². The van der Waals surface area contributed by atoms with E-state index >= 15 is 0 Å². The molecule has 0 bridgehead atoms. The molecule has 0 radical (unpaired) electrons. The molecule has 2 aromatic rings. The minimum absolute atomic E-state index is 0.00817. The summed E-state index contributed by atoms with van der Waals surface area (Å²) in [7, 11) is 1.36. The fourth-order valence-corrected chi connectivity index (χ4v) is 2.71. The van der Waals surface area contributed by atoms with Crippen LogP contribution in [0.15, 0.2) is 70.1 Å². The van der Waals surface area contributed by atoms with Gasteiger partial charge >= 0.3 is 11.9 Å². The van der Waals surface area contributed by atoms with Gasteiger partial charge < -0.3 is 14.6 Å². The van der Waals surface area contributed by atoms with Crippen LogP contribution in [0.1, 0.15) is 25.0 Å². The molecule has 2 N–H and O–H groups in total. The van der Waals surface area contributed by atoms with Gasteiger partial charge in [-0.05, 0) is 49.2 Å². The second kappa shape index (κ2) is 15.6. The van der Waals surface area contributed by atoms with E-state index in [1.165, 1.54) is 55.6 Å². The Labute approximate surface area is 207 Å². The molecule has 36 heavy (non-hydrogen) atoms. The van der Waals surface area contributed by atoms with Crippen molar-refractivity contribution in [2.75, 3.05) is 20.3 Å². The van der Waals surface area contributed by atoms with Crippen LogP contribution in [0.4, 0.5) is 8.78 Å². The van der Waals surface area contributed by atoms with Crippen molar-refractivity contribution in [2.45, 2.75) is 26.7 Å². The molecule has 0 saturated heterocycles. The predicted octanol–water partition coefficient (Wildman–Crippen LogP) is 4.30. The zero-order valence-corrected chi connectivity index (χ0v) is 20.1. The number of ether oxygens (including phenoxy) is 2. The van der Waals surface area contributed by atoms with Crippen LogP contribution in [0.3, 0.4) is 0 Å². The molecule has 0 heterocycles. The Morgan fingerprint density at radius 2 is 1.28 bits per heavy atom. The van der Waals surface area contributed by atoms with Crippen LogP contribution in [0.5, 0.6) is 0 Å². The summed E-state index contributed by atoms with van der Waals surface area (Å²) >= 11 is 0. The summed E-state index contributed by atoms with van der Waals surface area (Å²) in [5.41, 5.74) is 7.40. The van der Waals surface area contributed by atoms with Crippen molar-refractivity contribution in [3.63, 3.8) is 0 Å². The molecule has 0 aromatic heterocycles. The van der Waals surface area contributed by atoms with Crippen molar-refractivity contribution in [3.05, 3.63) is 82.7 Å². The van der Waals surface area contributed by atoms with Crippen LogP contribution in [0.2, 0.25) is 0 Å². The van der Waals surface area contributed by atoms with Crippen LogP contribution in [0.25, 0.3) is 0 Å². The van der Waals surface area contributed by atoms with Crippen LogP contribution >= 0.6 is 0 Å². The number of halogens is 2. The number of aliphatic imine (C=N–C) groups is 1. The first-order valence-corrected chi connectivity index (χ1v) is 10.8. The van der Waals surface area contributed by atoms with E-state index in [1.807, 2.05) is 0 Å². The third-order valence-corrected chi connectivity index (χ3v) is 4.37. The van der Waals surface area contributed by atoms with E-state index in [-0.39, 0.29) is 43.3 Å². The predicted molar refractivity (Wildman–Crippen MR) is 127 cm³/mol. The number of ketones is 1. The summed E-state index contributed by atoms with van der Waals surface area (Å²) in [6, 6.07) is 10.9. The average Bonchev–Trinajstić information content (AvgIpc) is 2.84. The maximum absolute atomic E-state index is 12.7. The first-order valence-electron chi connectivity index (χ1n) is 10.8. The molecule has 11 heteroatoms. The molecule has 0 aliphatic carbocycles. The molecular formula is C25H27F2N3O6. The topological polar surface area (TPSA) is 138 Å². The smallest absolute Gasteiger partial charge is 0.362 e. The minimum atomic E-state index is -0.855. The van der Waals surface area contributed by atoms with Gasteiger partial charge in [0, 0.05) is 19.9 Å². The number of carbonyl (C=O) groups is 3. The lowest BCUT2D eigenvalue weighted by Crippen LogP contribution is -2.27. The Hall–Kier alpha value is -4.28. The van der Waals surface area contributed by atoms with Crippen LogP contribution < -0.4 is 0 Å². The fourth-order valence-electron chi connectivity index (χ4n) is 2.71. The summed E-state index contributed by atoms with van der Waals surface area (Å²) in [5, 5.41) is 12.7.